The van der Waals surface area contributed by atoms with Gasteiger partial charge in [-0.05, 0) is 24.6 Å². The van der Waals surface area contributed by atoms with Gasteiger partial charge in [-0.25, -0.2) is 5.01 Å². The standard InChI is InChI=1S/C20H21N3O2/c1-16(12-21)14-23(17(2)24)22-13-19-10-6-7-11-20(19)25-15-18-8-4-3-5-9-18/h3-11,13,16H,14-15H2,1-2H3. The van der Waals surface area contributed by atoms with Crippen LogP contribution >= 0.6 is 0 Å². The fourth-order valence-corrected chi connectivity index (χ4v) is 2.14. The van der Waals surface area contributed by atoms with E-state index in [-0.39, 0.29) is 18.4 Å². The lowest BCUT2D eigenvalue weighted by Gasteiger charge is -2.16. The third-order valence-electron chi connectivity index (χ3n) is 3.52. The van der Waals surface area contributed by atoms with Crippen LogP contribution in [0.4, 0.5) is 0 Å². The first-order valence-corrected chi connectivity index (χ1v) is 8.07. The maximum Gasteiger partial charge on any atom is 0.239 e. The predicted molar refractivity (Wildman–Crippen MR) is 97.0 cm³/mol. The molecule has 2 aromatic rings. The van der Waals surface area contributed by atoms with Crippen LogP contribution in [0.25, 0.3) is 0 Å². The minimum absolute atomic E-state index is 0.207. The van der Waals surface area contributed by atoms with E-state index in [9.17, 15) is 4.79 Å². The minimum Gasteiger partial charge on any atom is -0.488 e. The largest absolute Gasteiger partial charge is 0.488 e. The van der Waals surface area contributed by atoms with Crippen LogP contribution in [0.15, 0.2) is 59.7 Å². The van der Waals surface area contributed by atoms with Crippen molar-refractivity contribution in [1.82, 2.24) is 5.01 Å². The number of carbonyl (C=O) groups excluding carboxylic acids is 1. The average Bonchev–Trinajstić information content (AvgIpc) is 2.64. The minimum atomic E-state index is -0.286. The molecule has 0 saturated carbocycles. The van der Waals surface area contributed by atoms with E-state index in [1.54, 1.807) is 13.1 Å². The molecule has 0 aliphatic carbocycles. The zero-order valence-corrected chi connectivity index (χ0v) is 14.4. The number of ether oxygens (including phenoxy) is 1. The Morgan fingerprint density at radius 3 is 2.60 bits per heavy atom. The predicted octanol–water partition coefficient (Wildman–Crippen LogP) is 3.61. The lowest BCUT2D eigenvalue weighted by atomic mass is 10.2. The van der Waals surface area contributed by atoms with Crippen LogP contribution in [-0.2, 0) is 11.4 Å². The summed E-state index contributed by atoms with van der Waals surface area (Å²) in [4.78, 5) is 11.7. The summed E-state index contributed by atoms with van der Waals surface area (Å²) in [6.45, 7) is 3.89. The topological polar surface area (TPSA) is 65.7 Å². The first-order chi connectivity index (χ1) is 12.1. The Hall–Kier alpha value is -3.13. The normalized spacial score (nSPS) is 11.7. The summed E-state index contributed by atoms with van der Waals surface area (Å²) < 4.78 is 5.87. The number of rotatable bonds is 7. The monoisotopic (exact) mass is 335 g/mol. The molecule has 0 aliphatic rings. The maximum absolute atomic E-state index is 11.7. The molecule has 1 atom stereocenters. The molecule has 2 aromatic carbocycles. The molecule has 0 fully saturated rings. The van der Waals surface area contributed by atoms with Crippen molar-refractivity contribution in [2.45, 2.75) is 20.5 Å². The number of hydrazone groups is 1. The van der Waals surface area contributed by atoms with E-state index in [1.807, 2.05) is 54.6 Å². The summed E-state index contributed by atoms with van der Waals surface area (Å²) in [7, 11) is 0. The van der Waals surface area contributed by atoms with Crippen molar-refractivity contribution in [3.63, 3.8) is 0 Å². The van der Waals surface area contributed by atoms with E-state index in [0.29, 0.717) is 12.4 Å². The van der Waals surface area contributed by atoms with Gasteiger partial charge in [0.25, 0.3) is 0 Å². The second-order valence-corrected chi connectivity index (χ2v) is 5.69. The van der Waals surface area contributed by atoms with Gasteiger partial charge in [0, 0.05) is 12.5 Å². The van der Waals surface area contributed by atoms with Crippen molar-refractivity contribution in [2.75, 3.05) is 6.54 Å². The van der Waals surface area contributed by atoms with Crippen molar-refractivity contribution in [2.24, 2.45) is 11.0 Å². The highest BCUT2D eigenvalue weighted by molar-refractivity contribution is 5.84. The van der Waals surface area contributed by atoms with E-state index in [0.717, 1.165) is 11.1 Å². The van der Waals surface area contributed by atoms with Crippen molar-refractivity contribution in [1.29, 1.82) is 5.26 Å². The van der Waals surface area contributed by atoms with E-state index in [4.69, 9.17) is 10.00 Å². The number of para-hydroxylation sites is 1. The molecule has 0 heterocycles. The number of hydrogen-bond acceptors (Lipinski definition) is 4. The van der Waals surface area contributed by atoms with Crippen LogP contribution in [0.1, 0.15) is 25.0 Å². The van der Waals surface area contributed by atoms with Gasteiger partial charge >= 0.3 is 0 Å². The molecule has 0 aromatic heterocycles. The number of benzene rings is 2. The molecule has 0 saturated heterocycles. The fourth-order valence-electron chi connectivity index (χ4n) is 2.14. The van der Waals surface area contributed by atoms with Gasteiger partial charge in [0.05, 0.1) is 24.7 Å². The molecule has 0 N–H and O–H groups in total. The highest BCUT2D eigenvalue weighted by atomic mass is 16.5. The quantitative estimate of drug-likeness (QED) is 0.573. The molecule has 128 valence electrons. The second-order valence-electron chi connectivity index (χ2n) is 5.69. The molecule has 25 heavy (non-hydrogen) atoms. The third-order valence-corrected chi connectivity index (χ3v) is 3.52. The maximum atomic E-state index is 11.7. The molecular weight excluding hydrogens is 314 g/mol. The van der Waals surface area contributed by atoms with E-state index < -0.39 is 0 Å². The highest BCUT2D eigenvalue weighted by Crippen LogP contribution is 2.18. The Balaban J connectivity index is 2.10. The number of hydrogen-bond donors (Lipinski definition) is 0. The smallest absolute Gasteiger partial charge is 0.239 e. The highest BCUT2D eigenvalue weighted by Gasteiger charge is 2.11. The first kappa shape index (κ1) is 18.2. The second kappa shape index (κ2) is 9.24. The van der Waals surface area contributed by atoms with E-state index >= 15 is 0 Å². The number of amides is 1. The van der Waals surface area contributed by atoms with Gasteiger partial charge in [-0.3, -0.25) is 4.79 Å². The van der Waals surface area contributed by atoms with Gasteiger partial charge in [-0.15, -0.1) is 0 Å². The van der Waals surface area contributed by atoms with Crippen molar-refractivity contribution in [3.8, 4) is 11.8 Å². The van der Waals surface area contributed by atoms with Gasteiger partial charge in [0.15, 0.2) is 0 Å². The Bertz CT molecular complexity index is 766. The molecule has 0 aliphatic heterocycles. The Kier molecular flexibility index (Phi) is 6.73. The average molecular weight is 335 g/mol. The van der Waals surface area contributed by atoms with Gasteiger partial charge in [0.1, 0.15) is 12.4 Å². The zero-order valence-electron chi connectivity index (χ0n) is 14.4. The van der Waals surface area contributed by atoms with E-state index in [1.165, 1.54) is 11.9 Å². The molecular formula is C20H21N3O2. The number of nitrogens with zero attached hydrogens (tertiary/aromatic N) is 3. The lowest BCUT2D eigenvalue weighted by molar-refractivity contribution is -0.129. The summed E-state index contributed by atoms with van der Waals surface area (Å²) in [5.41, 5.74) is 1.84. The summed E-state index contributed by atoms with van der Waals surface area (Å²) in [6, 6.07) is 19.5. The van der Waals surface area contributed by atoms with Crippen molar-refractivity contribution in [3.05, 3.63) is 65.7 Å². The zero-order chi connectivity index (χ0) is 18.1. The van der Waals surface area contributed by atoms with E-state index in [2.05, 4.69) is 11.2 Å². The van der Waals surface area contributed by atoms with Crippen LogP contribution < -0.4 is 4.74 Å². The molecule has 5 nitrogen and oxygen atoms in total. The van der Waals surface area contributed by atoms with Gasteiger partial charge in [0.2, 0.25) is 5.91 Å². The fraction of sp³-hybridized carbons (Fsp3) is 0.250. The van der Waals surface area contributed by atoms with Crippen LogP contribution in [0.2, 0.25) is 0 Å². The van der Waals surface area contributed by atoms with Crippen LogP contribution in [-0.4, -0.2) is 23.7 Å². The summed E-state index contributed by atoms with van der Waals surface area (Å²) >= 11 is 0. The molecule has 1 amide bonds. The third kappa shape index (κ3) is 5.78. The van der Waals surface area contributed by atoms with Crippen LogP contribution in [0.3, 0.4) is 0 Å². The van der Waals surface area contributed by atoms with Gasteiger partial charge < -0.3 is 4.74 Å². The molecule has 0 spiro atoms. The SMILES string of the molecule is CC(=O)N(CC(C)C#N)N=Cc1ccccc1OCc1ccccc1. The Morgan fingerprint density at radius 2 is 1.92 bits per heavy atom. The molecule has 2 rings (SSSR count). The summed E-state index contributed by atoms with van der Waals surface area (Å²) in [5, 5.41) is 14.4. The summed E-state index contributed by atoms with van der Waals surface area (Å²) in [6.07, 6.45) is 1.59. The Labute approximate surface area is 148 Å². The van der Waals surface area contributed by atoms with Gasteiger partial charge in [-0.2, -0.15) is 10.4 Å². The lowest BCUT2D eigenvalue weighted by Crippen LogP contribution is -2.27. The number of carbonyl (C=O) groups is 1. The molecule has 1 unspecified atom stereocenters. The number of nitriles is 1. The molecule has 0 radical (unpaired) electrons. The first-order valence-electron chi connectivity index (χ1n) is 8.07. The van der Waals surface area contributed by atoms with Crippen LogP contribution in [0, 0.1) is 17.2 Å². The summed E-state index contributed by atoms with van der Waals surface area (Å²) in [5.74, 6) is 0.193. The molecule has 5 heteroatoms. The molecule has 0 bridgehead atoms. The van der Waals surface area contributed by atoms with Crippen molar-refractivity contribution >= 4 is 12.1 Å². The van der Waals surface area contributed by atoms with Crippen molar-refractivity contribution < 1.29 is 9.53 Å². The Morgan fingerprint density at radius 1 is 1.24 bits per heavy atom. The van der Waals surface area contributed by atoms with Crippen LogP contribution in [0.5, 0.6) is 5.75 Å². The van der Waals surface area contributed by atoms with Gasteiger partial charge in [-0.1, -0.05) is 42.5 Å².